The zero-order valence-electron chi connectivity index (χ0n) is 20.6. The predicted molar refractivity (Wildman–Crippen MR) is 156 cm³/mol. The molecule has 2 unspecified atom stereocenters. The molecule has 0 aromatic heterocycles. The van der Waals surface area contributed by atoms with E-state index in [4.69, 9.17) is 0 Å². The van der Waals surface area contributed by atoms with Gasteiger partial charge in [-0.1, -0.05) is 148 Å². The maximum Gasteiger partial charge on any atom is 0.0325 e. The highest BCUT2D eigenvalue weighted by Crippen LogP contribution is 2.58. The van der Waals surface area contributed by atoms with Gasteiger partial charge in [-0.25, -0.2) is 4.44 Å². The zero-order valence-corrected chi connectivity index (χ0v) is 22.4. The second-order valence-corrected chi connectivity index (χ2v) is 13.8. The molecule has 3 heteroatoms. The van der Waals surface area contributed by atoms with Crippen molar-refractivity contribution < 1.29 is 0 Å². The highest BCUT2D eigenvalue weighted by atomic mass is 31.2. The van der Waals surface area contributed by atoms with Crippen LogP contribution in [0.25, 0.3) is 0 Å². The summed E-state index contributed by atoms with van der Waals surface area (Å²) in [6.07, 6.45) is 6.58. The van der Waals surface area contributed by atoms with Crippen molar-refractivity contribution in [1.29, 1.82) is 0 Å². The molecule has 0 heterocycles. The SMILES string of the molecule is CCC1CCCCC1N(P(c1ccccc1)c1ccccc1)P(c1ccccc1)c1ccccc1. The number of hydrogen-bond donors (Lipinski definition) is 0. The molecular weight excluding hydrogens is 460 g/mol. The molecule has 0 bridgehead atoms. The normalized spacial score (nSPS) is 18.3. The summed E-state index contributed by atoms with van der Waals surface area (Å²) in [5, 5.41) is 5.81. The minimum Gasteiger partial charge on any atom is -0.241 e. The van der Waals surface area contributed by atoms with Crippen LogP contribution in [0.1, 0.15) is 39.0 Å². The Kier molecular flexibility index (Phi) is 8.43. The van der Waals surface area contributed by atoms with Crippen molar-refractivity contribution in [3.63, 3.8) is 0 Å². The second kappa shape index (κ2) is 12.1. The van der Waals surface area contributed by atoms with Gasteiger partial charge in [-0.15, -0.1) is 0 Å². The van der Waals surface area contributed by atoms with E-state index in [0.717, 1.165) is 5.92 Å². The van der Waals surface area contributed by atoms with E-state index in [0.29, 0.717) is 6.04 Å². The van der Waals surface area contributed by atoms with E-state index in [1.807, 2.05) is 0 Å². The lowest BCUT2D eigenvalue weighted by Gasteiger charge is -2.48. The summed E-state index contributed by atoms with van der Waals surface area (Å²) in [5.41, 5.74) is 0. The van der Waals surface area contributed by atoms with Gasteiger partial charge in [-0.05, 0) is 40.0 Å². The Hall–Kier alpha value is -2.30. The first-order valence-corrected chi connectivity index (χ1v) is 15.5. The van der Waals surface area contributed by atoms with Gasteiger partial charge in [-0.3, -0.25) is 0 Å². The molecule has 2 atom stereocenters. The molecule has 4 aromatic carbocycles. The van der Waals surface area contributed by atoms with Gasteiger partial charge < -0.3 is 0 Å². The molecule has 0 N–H and O–H groups in total. The number of nitrogens with zero attached hydrogens (tertiary/aromatic N) is 1. The van der Waals surface area contributed by atoms with Crippen LogP contribution in [0.3, 0.4) is 0 Å². The third kappa shape index (κ3) is 5.59. The standard InChI is InChI=1S/C32H35NP2/c1-2-27-17-15-16-26-32(27)33(34(28-18-7-3-8-19-28)29-20-9-4-10-21-29)35(30-22-11-5-12-23-30)31-24-13-6-14-25-31/h3-14,18-25,27,32H,2,15-17,26H2,1H3. The fraction of sp³-hybridized carbons (Fsp3) is 0.250. The topological polar surface area (TPSA) is 3.24 Å². The van der Waals surface area contributed by atoms with E-state index in [2.05, 4.69) is 133 Å². The summed E-state index contributed by atoms with van der Waals surface area (Å²) in [6.45, 7) is 2.40. The monoisotopic (exact) mass is 495 g/mol. The van der Waals surface area contributed by atoms with Crippen molar-refractivity contribution >= 4 is 37.4 Å². The molecule has 4 aromatic rings. The van der Waals surface area contributed by atoms with Crippen LogP contribution >= 0.6 is 16.1 Å². The molecule has 0 radical (unpaired) electrons. The number of rotatable bonds is 8. The van der Waals surface area contributed by atoms with Gasteiger partial charge in [0.25, 0.3) is 0 Å². The van der Waals surface area contributed by atoms with Crippen LogP contribution in [-0.4, -0.2) is 10.5 Å². The highest BCUT2D eigenvalue weighted by Gasteiger charge is 2.40. The Morgan fingerprint density at radius 1 is 0.543 bits per heavy atom. The molecule has 0 saturated heterocycles. The Bertz CT molecular complexity index is 989. The first-order valence-electron chi connectivity index (χ1n) is 13.0. The predicted octanol–water partition coefficient (Wildman–Crippen LogP) is 7.35. The third-order valence-electron chi connectivity index (χ3n) is 7.10. The molecule has 0 aliphatic heterocycles. The van der Waals surface area contributed by atoms with Crippen molar-refractivity contribution in [2.75, 3.05) is 0 Å². The smallest absolute Gasteiger partial charge is 0.0325 e. The van der Waals surface area contributed by atoms with Crippen LogP contribution in [0.2, 0.25) is 0 Å². The minimum atomic E-state index is -0.694. The second-order valence-electron chi connectivity index (χ2n) is 9.31. The van der Waals surface area contributed by atoms with Crippen LogP contribution in [0.4, 0.5) is 0 Å². The van der Waals surface area contributed by atoms with Gasteiger partial charge in [0.1, 0.15) is 0 Å². The fourth-order valence-electron chi connectivity index (χ4n) is 5.40. The van der Waals surface area contributed by atoms with E-state index in [9.17, 15) is 0 Å². The van der Waals surface area contributed by atoms with Crippen molar-refractivity contribution in [3.8, 4) is 0 Å². The van der Waals surface area contributed by atoms with Gasteiger partial charge >= 0.3 is 0 Å². The van der Waals surface area contributed by atoms with Gasteiger partial charge in [-0.2, -0.15) is 0 Å². The van der Waals surface area contributed by atoms with Crippen LogP contribution < -0.4 is 21.2 Å². The average Bonchev–Trinajstić information content (AvgIpc) is 2.95. The van der Waals surface area contributed by atoms with E-state index in [1.54, 1.807) is 0 Å². The lowest BCUT2D eigenvalue weighted by atomic mass is 9.83. The molecule has 0 spiro atoms. The van der Waals surface area contributed by atoms with Gasteiger partial charge in [0.2, 0.25) is 0 Å². The van der Waals surface area contributed by atoms with Crippen molar-refractivity contribution in [3.05, 3.63) is 121 Å². The van der Waals surface area contributed by atoms with Gasteiger partial charge in [0, 0.05) is 22.2 Å². The molecule has 0 amide bonds. The Labute approximate surface area is 213 Å². The van der Waals surface area contributed by atoms with Gasteiger partial charge in [0.05, 0.1) is 0 Å². The van der Waals surface area contributed by atoms with Crippen molar-refractivity contribution in [2.45, 2.75) is 45.1 Å². The van der Waals surface area contributed by atoms with Crippen LogP contribution in [0, 0.1) is 5.92 Å². The van der Waals surface area contributed by atoms with Crippen molar-refractivity contribution in [2.24, 2.45) is 5.92 Å². The lowest BCUT2D eigenvalue weighted by Crippen LogP contribution is -2.43. The summed E-state index contributed by atoms with van der Waals surface area (Å²) in [5.74, 6) is 0.735. The molecular formula is C32H35NP2. The minimum absolute atomic E-state index is 0.576. The van der Waals surface area contributed by atoms with E-state index in [-0.39, 0.29) is 0 Å². The first kappa shape index (κ1) is 24.4. The van der Waals surface area contributed by atoms with E-state index < -0.39 is 16.1 Å². The maximum absolute atomic E-state index is 3.02. The van der Waals surface area contributed by atoms with Crippen LogP contribution in [0.15, 0.2) is 121 Å². The molecule has 1 fully saturated rings. The molecule has 1 aliphatic rings. The molecule has 35 heavy (non-hydrogen) atoms. The van der Waals surface area contributed by atoms with E-state index in [1.165, 1.54) is 53.3 Å². The fourth-order valence-corrected chi connectivity index (χ4v) is 11.9. The summed E-state index contributed by atoms with van der Waals surface area (Å²) < 4.78 is 3.02. The summed E-state index contributed by atoms with van der Waals surface area (Å²) in [6, 6.07) is 45.8. The third-order valence-corrected chi connectivity index (χ3v) is 12.7. The molecule has 1 saturated carbocycles. The van der Waals surface area contributed by atoms with Crippen LogP contribution in [-0.2, 0) is 0 Å². The molecule has 178 valence electrons. The molecule has 1 nitrogen and oxygen atoms in total. The molecule has 5 rings (SSSR count). The first-order chi connectivity index (χ1) is 17.4. The molecule has 1 aliphatic carbocycles. The summed E-state index contributed by atoms with van der Waals surface area (Å²) >= 11 is 0. The summed E-state index contributed by atoms with van der Waals surface area (Å²) in [4.78, 5) is 0. The van der Waals surface area contributed by atoms with Gasteiger partial charge in [0.15, 0.2) is 0 Å². The average molecular weight is 496 g/mol. The largest absolute Gasteiger partial charge is 0.241 e. The quantitative estimate of drug-likeness (QED) is 0.231. The number of benzene rings is 4. The van der Waals surface area contributed by atoms with Crippen LogP contribution in [0.5, 0.6) is 0 Å². The zero-order chi connectivity index (χ0) is 23.9. The van der Waals surface area contributed by atoms with Crippen molar-refractivity contribution in [1.82, 2.24) is 4.44 Å². The lowest BCUT2D eigenvalue weighted by molar-refractivity contribution is 0.238. The summed E-state index contributed by atoms with van der Waals surface area (Å²) in [7, 11) is -1.39. The Balaban J connectivity index is 1.75. The number of hydrogen-bond acceptors (Lipinski definition) is 1. The highest BCUT2D eigenvalue weighted by molar-refractivity contribution is 7.84. The Morgan fingerprint density at radius 2 is 0.886 bits per heavy atom. The maximum atomic E-state index is 3.02. The Morgan fingerprint density at radius 3 is 1.23 bits per heavy atom. The van der Waals surface area contributed by atoms with E-state index >= 15 is 0 Å².